The fourth-order valence-electron chi connectivity index (χ4n) is 2.83. The minimum atomic E-state index is 0.980. The summed E-state index contributed by atoms with van der Waals surface area (Å²) in [7, 11) is 0. The topological polar surface area (TPSA) is 3.24 Å². The summed E-state index contributed by atoms with van der Waals surface area (Å²) < 4.78 is 0. The average molecular weight is 153 g/mol. The van der Waals surface area contributed by atoms with Crippen LogP contribution in [0.4, 0.5) is 0 Å². The van der Waals surface area contributed by atoms with E-state index in [-0.39, 0.29) is 0 Å². The molecule has 0 radical (unpaired) electrons. The first-order chi connectivity index (χ1) is 5.42. The van der Waals surface area contributed by atoms with E-state index in [1.165, 1.54) is 45.2 Å². The molecule has 2 rings (SSSR count). The fourth-order valence-corrected chi connectivity index (χ4v) is 2.83. The molecular weight excluding hydrogens is 134 g/mol. The SMILES string of the molecule is CCC1CCN2CCCCC12. The summed E-state index contributed by atoms with van der Waals surface area (Å²) in [5.74, 6) is 1.04. The predicted octanol–water partition coefficient (Wildman–Crippen LogP) is 2.27. The lowest BCUT2D eigenvalue weighted by molar-refractivity contribution is 0.170. The van der Waals surface area contributed by atoms with Crippen LogP contribution >= 0.6 is 0 Å². The largest absolute Gasteiger partial charge is 0.300 e. The van der Waals surface area contributed by atoms with E-state index in [0.717, 1.165) is 12.0 Å². The van der Waals surface area contributed by atoms with Gasteiger partial charge in [-0.25, -0.2) is 0 Å². The molecule has 2 saturated heterocycles. The van der Waals surface area contributed by atoms with Crippen molar-refractivity contribution < 1.29 is 0 Å². The fraction of sp³-hybridized carbons (Fsp3) is 1.00. The highest BCUT2D eigenvalue weighted by Crippen LogP contribution is 2.33. The van der Waals surface area contributed by atoms with E-state index in [1.54, 1.807) is 0 Å². The maximum atomic E-state index is 2.72. The molecule has 1 nitrogen and oxygen atoms in total. The Morgan fingerprint density at radius 1 is 1.18 bits per heavy atom. The molecule has 0 amide bonds. The van der Waals surface area contributed by atoms with E-state index in [1.807, 2.05) is 0 Å². The highest BCUT2D eigenvalue weighted by molar-refractivity contribution is 4.88. The maximum absolute atomic E-state index is 2.72. The second-order valence-electron chi connectivity index (χ2n) is 4.06. The highest BCUT2D eigenvalue weighted by Gasteiger charge is 2.33. The molecule has 0 aromatic rings. The van der Waals surface area contributed by atoms with E-state index in [0.29, 0.717) is 0 Å². The van der Waals surface area contributed by atoms with E-state index in [9.17, 15) is 0 Å². The third-order valence-corrected chi connectivity index (χ3v) is 3.52. The molecule has 0 aromatic heterocycles. The van der Waals surface area contributed by atoms with E-state index in [2.05, 4.69) is 11.8 Å². The van der Waals surface area contributed by atoms with Gasteiger partial charge in [0.2, 0.25) is 0 Å². The molecule has 64 valence electrons. The first kappa shape index (κ1) is 7.60. The van der Waals surface area contributed by atoms with Crippen LogP contribution in [0, 0.1) is 5.92 Å². The van der Waals surface area contributed by atoms with Crippen molar-refractivity contribution in [2.24, 2.45) is 5.92 Å². The summed E-state index contributed by atoms with van der Waals surface area (Å²) in [5, 5.41) is 0. The number of hydrogen-bond acceptors (Lipinski definition) is 1. The second-order valence-corrected chi connectivity index (χ2v) is 4.06. The number of hydrogen-bond donors (Lipinski definition) is 0. The summed E-state index contributed by atoms with van der Waals surface area (Å²) in [6.07, 6.45) is 7.30. The van der Waals surface area contributed by atoms with Crippen molar-refractivity contribution in [3.63, 3.8) is 0 Å². The van der Waals surface area contributed by atoms with Crippen molar-refractivity contribution in [3.8, 4) is 0 Å². The molecule has 0 saturated carbocycles. The summed E-state index contributed by atoms with van der Waals surface area (Å²) in [6, 6.07) is 0.980. The van der Waals surface area contributed by atoms with Gasteiger partial charge in [-0.3, -0.25) is 0 Å². The van der Waals surface area contributed by atoms with Gasteiger partial charge in [-0.15, -0.1) is 0 Å². The minimum absolute atomic E-state index is 0.980. The van der Waals surface area contributed by atoms with Crippen LogP contribution in [0.3, 0.4) is 0 Å². The quantitative estimate of drug-likeness (QED) is 0.558. The van der Waals surface area contributed by atoms with Crippen LogP contribution in [0.25, 0.3) is 0 Å². The van der Waals surface area contributed by atoms with Crippen molar-refractivity contribution >= 4 is 0 Å². The van der Waals surface area contributed by atoms with Gasteiger partial charge in [-0.2, -0.15) is 0 Å². The van der Waals surface area contributed by atoms with Gasteiger partial charge in [0, 0.05) is 6.04 Å². The zero-order valence-corrected chi connectivity index (χ0v) is 7.55. The Balaban J connectivity index is 1.98. The standard InChI is InChI=1S/C10H19N/c1-2-9-6-8-11-7-4-3-5-10(9)11/h9-10H,2-8H2,1H3. The van der Waals surface area contributed by atoms with E-state index in [4.69, 9.17) is 0 Å². The molecule has 2 fully saturated rings. The Labute approximate surface area is 69.8 Å². The minimum Gasteiger partial charge on any atom is -0.300 e. The first-order valence-electron chi connectivity index (χ1n) is 5.16. The lowest BCUT2D eigenvalue weighted by atomic mass is 9.91. The first-order valence-corrected chi connectivity index (χ1v) is 5.16. The van der Waals surface area contributed by atoms with Crippen LogP contribution in [0.2, 0.25) is 0 Å². The molecule has 2 heterocycles. The molecule has 1 heteroatoms. The molecule has 2 aliphatic heterocycles. The van der Waals surface area contributed by atoms with Crippen molar-refractivity contribution in [3.05, 3.63) is 0 Å². The van der Waals surface area contributed by atoms with Crippen LogP contribution < -0.4 is 0 Å². The molecule has 0 bridgehead atoms. The molecule has 2 aliphatic rings. The van der Waals surface area contributed by atoms with Gasteiger partial charge >= 0.3 is 0 Å². The Hall–Kier alpha value is -0.0400. The molecule has 2 atom stereocenters. The van der Waals surface area contributed by atoms with Crippen LogP contribution in [0.15, 0.2) is 0 Å². The monoisotopic (exact) mass is 153 g/mol. The zero-order valence-electron chi connectivity index (χ0n) is 7.55. The van der Waals surface area contributed by atoms with Crippen LogP contribution in [0.1, 0.15) is 39.0 Å². The summed E-state index contributed by atoms with van der Waals surface area (Å²) in [6.45, 7) is 5.13. The van der Waals surface area contributed by atoms with Gasteiger partial charge in [0.05, 0.1) is 0 Å². The van der Waals surface area contributed by atoms with Gasteiger partial charge in [-0.1, -0.05) is 19.8 Å². The van der Waals surface area contributed by atoms with E-state index >= 15 is 0 Å². The number of fused-ring (bicyclic) bond motifs is 1. The van der Waals surface area contributed by atoms with Crippen LogP contribution in [-0.4, -0.2) is 24.0 Å². The number of nitrogens with zero attached hydrogens (tertiary/aromatic N) is 1. The maximum Gasteiger partial charge on any atom is 0.0124 e. The van der Waals surface area contributed by atoms with Gasteiger partial charge in [0.15, 0.2) is 0 Å². The molecular formula is C10H19N. The Morgan fingerprint density at radius 3 is 2.91 bits per heavy atom. The van der Waals surface area contributed by atoms with Gasteiger partial charge in [-0.05, 0) is 38.3 Å². The predicted molar refractivity (Wildman–Crippen MR) is 47.6 cm³/mol. The van der Waals surface area contributed by atoms with Crippen molar-refractivity contribution in [2.75, 3.05) is 13.1 Å². The van der Waals surface area contributed by atoms with Gasteiger partial charge in [0.25, 0.3) is 0 Å². The molecule has 11 heavy (non-hydrogen) atoms. The zero-order chi connectivity index (χ0) is 7.68. The molecule has 0 aliphatic carbocycles. The second kappa shape index (κ2) is 3.14. The Kier molecular flexibility index (Phi) is 2.17. The van der Waals surface area contributed by atoms with Gasteiger partial charge < -0.3 is 4.90 Å². The van der Waals surface area contributed by atoms with Crippen molar-refractivity contribution in [1.82, 2.24) is 4.90 Å². The third kappa shape index (κ3) is 1.31. The van der Waals surface area contributed by atoms with E-state index < -0.39 is 0 Å². The number of rotatable bonds is 1. The summed E-state index contributed by atoms with van der Waals surface area (Å²) >= 11 is 0. The Morgan fingerprint density at radius 2 is 2.09 bits per heavy atom. The van der Waals surface area contributed by atoms with Crippen LogP contribution in [0.5, 0.6) is 0 Å². The molecule has 0 aromatic carbocycles. The number of piperidine rings is 1. The lowest BCUT2D eigenvalue weighted by Crippen LogP contribution is -2.36. The normalized spacial score (nSPS) is 39.0. The summed E-state index contributed by atoms with van der Waals surface area (Å²) in [4.78, 5) is 2.72. The average Bonchev–Trinajstić information content (AvgIpc) is 2.47. The Bertz CT molecular complexity index is 127. The lowest BCUT2D eigenvalue weighted by Gasteiger charge is -2.32. The smallest absolute Gasteiger partial charge is 0.0124 e. The molecule has 2 unspecified atom stereocenters. The van der Waals surface area contributed by atoms with Crippen molar-refractivity contribution in [1.29, 1.82) is 0 Å². The third-order valence-electron chi connectivity index (χ3n) is 3.52. The summed E-state index contributed by atoms with van der Waals surface area (Å²) in [5.41, 5.74) is 0. The highest BCUT2D eigenvalue weighted by atomic mass is 15.2. The van der Waals surface area contributed by atoms with Crippen molar-refractivity contribution in [2.45, 2.75) is 45.1 Å². The van der Waals surface area contributed by atoms with Gasteiger partial charge in [0.1, 0.15) is 0 Å². The molecule has 0 N–H and O–H groups in total. The molecule has 0 spiro atoms. The van der Waals surface area contributed by atoms with Crippen LogP contribution in [-0.2, 0) is 0 Å².